The van der Waals surface area contributed by atoms with Gasteiger partial charge >= 0.3 is 0 Å². The first kappa shape index (κ1) is 22.7. The summed E-state index contributed by atoms with van der Waals surface area (Å²) in [6.45, 7) is 0. The SMILES string of the molecule is [Y].c1ccc(-c2nc(-c3ccccc3)nc(-c3cccc4c3nc3ccc5ccccc5n34)n2)cc1. The van der Waals surface area contributed by atoms with Gasteiger partial charge in [-0.2, -0.15) is 0 Å². The third-order valence-corrected chi connectivity index (χ3v) is 6.24. The first-order valence-corrected chi connectivity index (χ1v) is 11.5. The Labute approximate surface area is 232 Å². The topological polar surface area (TPSA) is 56.0 Å². The van der Waals surface area contributed by atoms with Crippen molar-refractivity contribution in [3.8, 4) is 34.2 Å². The van der Waals surface area contributed by atoms with Crippen LogP contribution in [0.15, 0.2) is 115 Å². The summed E-state index contributed by atoms with van der Waals surface area (Å²) in [4.78, 5) is 19.6. The van der Waals surface area contributed by atoms with E-state index in [1.807, 2.05) is 72.8 Å². The first-order chi connectivity index (χ1) is 17.3. The number of hydrogen-bond donors (Lipinski definition) is 0. The van der Waals surface area contributed by atoms with E-state index in [1.165, 1.54) is 5.39 Å². The third-order valence-electron chi connectivity index (χ3n) is 6.24. The number of nitrogens with zero attached hydrogens (tertiary/aromatic N) is 5. The molecule has 5 nitrogen and oxygen atoms in total. The summed E-state index contributed by atoms with van der Waals surface area (Å²) >= 11 is 0. The van der Waals surface area contributed by atoms with Crippen LogP contribution >= 0.6 is 0 Å². The minimum absolute atomic E-state index is 0. The van der Waals surface area contributed by atoms with E-state index in [4.69, 9.17) is 19.9 Å². The molecule has 167 valence electrons. The maximum Gasteiger partial charge on any atom is 0.166 e. The van der Waals surface area contributed by atoms with Gasteiger partial charge in [0.05, 0.1) is 11.0 Å². The molecule has 0 N–H and O–H groups in total. The summed E-state index contributed by atoms with van der Waals surface area (Å²) in [5, 5.41) is 1.17. The molecule has 1 radical (unpaired) electrons. The van der Waals surface area contributed by atoms with Crippen LogP contribution in [-0.4, -0.2) is 24.3 Å². The van der Waals surface area contributed by atoms with Crippen molar-refractivity contribution in [3.05, 3.63) is 115 Å². The fraction of sp³-hybridized carbons (Fsp3) is 0. The summed E-state index contributed by atoms with van der Waals surface area (Å²) in [5.41, 5.74) is 6.68. The molecule has 3 aromatic heterocycles. The second-order valence-corrected chi connectivity index (χ2v) is 8.41. The molecule has 0 aliphatic rings. The second-order valence-electron chi connectivity index (χ2n) is 8.41. The van der Waals surface area contributed by atoms with Crippen molar-refractivity contribution >= 4 is 27.6 Å². The molecule has 0 aliphatic carbocycles. The summed E-state index contributed by atoms with van der Waals surface area (Å²) in [6.07, 6.45) is 0. The van der Waals surface area contributed by atoms with E-state index in [9.17, 15) is 0 Å². The van der Waals surface area contributed by atoms with E-state index in [1.54, 1.807) is 0 Å². The number of para-hydroxylation sites is 2. The van der Waals surface area contributed by atoms with Crippen LogP contribution in [0, 0.1) is 0 Å². The molecular weight excluding hydrogens is 519 g/mol. The van der Waals surface area contributed by atoms with E-state index in [0.717, 1.165) is 38.9 Å². The van der Waals surface area contributed by atoms with Gasteiger partial charge in [0.2, 0.25) is 0 Å². The van der Waals surface area contributed by atoms with Gasteiger partial charge in [-0.25, -0.2) is 19.9 Å². The van der Waals surface area contributed by atoms with Crippen molar-refractivity contribution in [2.45, 2.75) is 0 Å². The van der Waals surface area contributed by atoms with Crippen molar-refractivity contribution in [2.75, 3.05) is 0 Å². The Bertz CT molecular complexity index is 1790. The predicted molar refractivity (Wildman–Crippen MR) is 140 cm³/mol. The molecule has 6 heteroatoms. The fourth-order valence-electron chi connectivity index (χ4n) is 4.59. The molecule has 7 rings (SSSR count). The average Bonchev–Trinajstić information content (AvgIpc) is 3.33. The van der Waals surface area contributed by atoms with E-state index >= 15 is 0 Å². The molecule has 3 heterocycles. The Morgan fingerprint density at radius 2 is 1.03 bits per heavy atom. The molecule has 0 spiro atoms. The molecule has 4 aromatic carbocycles. The van der Waals surface area contributed by atoms with Gasteiger partial charge < -0.3 is 0 Å². The molecule has 7 aromatic rings. The van der Waals surface area contributed by atoms with Gasteiger partial charge in [-0.1, -0.05) is 84.9 Å². The molecule has 0 atom stereocenters. The van der Waals surface area contributed by atoms with Crippen LogP contribution in [-0.2, 0) is 32.7 Å². The van der Waals surface area contributed by atoms with Gasteiger partial charge in [-0.15, -0.1) is 0 Å². The van der Waals surface area contributed by atoms with Crippen molar-refractivity contribution in [3.63, 3.8) is 0 Å². The molecule has 0 fully saturated rings. The number of pyridine rings is 1. The van der Waals surface area contributed by atoms with Crippen LogP contribution in [0.3, 0.4) is 0 Å². The second kappa shape index (κ2) is 9.34. The Morgan fingerprint density at radius 3 is 1.72 bits per heavy atom. The van der Waals surface area contributed by atoms with Gasteiger partial charge in [-0.05, 0) is 35.7 Å². The number of imidazole rings is 1. The van der Waals surface area contributed by atoms with E-state index in [2.05, 4.69) is 46.9 Å². The van der Waals surface area contributed by atoms with Crippen molar-refractivity contribution in [1.82, 2.24) is 24.3 Å². The number of hydrogen-bond acceptors (Lipinski definition) is 4. The summed E-state index contributed by atoms with van der Waals surface area (Å²) in [6, 6.07) is 38.7. The summed E-state index contributed by atoms with van der Waals surface area (Å²) < 4.78 is 2.20. The zero-order valence-electron chi connectivity index (χ0n) is 19.3. The van der Waals surface area contributed by atoms with E-state index in [-0.39, 0.29) is 32.7 Å². The minimum Gasteiger partial charge on any atom is -0.292 e. The Morgan fingerprint density at radius 1 is 0.444 bits per heavy atom. The Hall–Kier alpha value is -3.80. The van der Waals surface area contributed by atoms with Crippen LogP contribution in [0.5, 0.6) is 0 Å². The Balaban J connectivity index is 0.00000240. The van der Waals surface area contributed by atoms with Crippen LogP contribution in [0.1, 0.15) is 0 Å². The quantitative estimate of drug-likeness (QED) is 0.248. The molecule has 0 unspecified atom stereocenters. The molecule has 36 heavy (non-hydrogen) atoms. The average molecular weight is 538 g/mol. The molecule has 0 bridgehead atoms. The zero-order valence-corrected chi connectivity index (χ0v) is 22.1. The van der Waals surface area contributed by atoms with Crippen LogP contribution in [0.2, 0.25) is 0 Å². The summed E-state index contributed by atoms with van der Waals surface area (Å²) in [7, 11) is 0. The number of rotatable bonds is 3. The van der Waals surface area contributed by atoms with Crippen molar-refractivity contribution < 1.29 is 32.7 Å². The standard InChI is InChI=1S/C30H19N5.Y/c1-3-11-21(12-4-1)28-32-29(22-13-5-2-6-14-22)34-30(33-28)23-15-9-17-25-27(23)31-26-19-18-20-10-7-8-16-24(20)35(25)26;/h1-19H;. The van der Waals surface area contributed by atoms with Crippen LogP contribution < -0.4 is 0 Å². The van der Waals surface area contributed by atoms with Crippen LogP contribution in [0.4, 0.5) is 0 Å². The molecule has 0 amide bonds. The Kier molecular flexibility index (Phi) is 5.88. The normalized spacial score (nSPS) is 11.1. The molecular formula is C30H19N5Y. The van der Waals surface area contributed by atoms with E-state index in [0.29, 0.717) is 17.5 Å². The predicted octanol–water partition coefficient (Wildman–Crippen LogP) is 6.82. The maximum atomic E-state index is 5.01. The van der Waals surface area contributed by atoms with Gasteiger partial charge in [0.15, 0.2) is 17.5 Å². The van der Waals surface area contributed by atoms with Gasteiger partial charge in [0, 0.05) is 49.4 Å². The summed E-state index contributed by atoms with van der Waals surface area (Å²) in [5.74, 6) is 1.89. The van der Waals surface area contributed by atoms with Gasteiger partial charge in [-0.3, -0.25) is 4.40 Å². The maximum absolute atomic E-state index is 5.01. The van der Waals surface area contributed by atoms with Crippen molar-refractivity contribution in [2.24, 2.45) is 0 Å². The fourth-order valence-corrected chi connectivity index (χ4v) is 4.59. The van der Waals surface area contributed by atoms with Crippen molar-refractivity contribution in [1.29, 1.82) is 0 Å². The first-order valence-electron chi connectivity index (χ1n) is 11.5. The molecule has 0 saturated heterocycles. The molecule has 0 aliphatic heterocycles. The van der Waals surface area contributed by atoms with Gasteiger partial charge in [0.25, 0.3) is 0 Å². The monoisotopic (exact) mass is 538 g/mol. The number of fused-ring (bicyclic) bond motifs is 5. The number of aromatic nitrogens is 5. The van der Waals surface area contributed by atoms with Gasteiger partial charge in [0.1, 0.15) is 11.2 Å². The third kappa shape index (κ3) is 3.81. The largest absolute Gasteiger partial charge is 0.292 e. The number of benzene rings is 4. The smallest absolute Gasteiger partial charge is 0.166 e. The van der Waals surface area contributed by atoms with Crippen LogP contribution in [0.25, 0.3) is 61.7 Å². The minimum atomic E-state index is 0. The zero-order chi connectivity index (χ0) is 23.2. The molecule has 0 saturated carbocycles. The van der Waals surface area contributed by atoms with E-state index < -0.39 is 0 Å².